The van der Waals surface area contributed by atoms with Gasteiger partial charge >= 0.3 is 0 Å². The highest BCUT2D eigenvalue weighted by atomic mass is 16.3. The summed E-state index contributed by atoms with van der Waals surface area (Å²) in [6.07, 6.45) is 2.43. The number of benzene rings is 2. The first-order valence-corrected chi connectivity index (χ1v) is 5.74. The van der Waals surface area contributed by atoms with Crippen molar-refractivity contribution in [1.29, 1.82) is 0 Å². The van der Waals surface area contributed by atoms with Crippen molar-refractivity contribution in [3.8, 4) is 23.0 Å². The zero-order valence-corrected chi connectivity index (χ0v) is 10.3. The van der Waals surface area contributed by atoms with Crippen LogP contribution in [-0.2, 0) is 0 Å². The summed E-state index contributed by atoms with van der Waals surface area (Å²) in [5.74, 6) is -1.53. The lowest BCUT2D eigenvalue weighted by Gasteiger charge is -2.03. The van der Waals surface area contributed by atoms with Crippen LogP contribution in [0.15, 0.2) is 42.5 Å². The Kier molecular flexibility index (Phi) is 3.61. The normalized spacial score (nSPS) is 10.8. The Bertz CT molecular complexity index is 668. The SMILES string of the molecule is O=C(C=Cc1ccc(O)cc1O)c1c(O)cccc1O. The van der Waals surface area contributed by atoms with Crippen LogP contribution < -0.4 is 0 Å². The van der Waals surface area contributed by atoms with Crippen LogP contribution in [0.2, 0.25) is 0 Å². The molecule has 4 N–H and O–H groups in total. The quantitative estimate of drug-likeness (QED) is 0.508. The number of aromatic hydroxyl groups is 4. The topological polar surface area (TPSA) is 98.0 Å². The molecule has 5 nitrogen and oxygen atoms in total. The third-order valence-electron chi connectivity index (χ3n) is 2.70. The van der Waals surface area contributed by atoms with Gasteiger partial charge in [-0.2, -0.15) is 0 Å². The molecule has 0 aliphatic carbocycles. The molecule has 0 atom stereocenters. The first kappa shape index (κ1) is 13.5. The second-order valence-electron chi connectivity index (χ2n) is 4.11. The van der Waals surface area contributed by atoms with Crippen molar-refractivity contribution in [3.05, 3.63) is 53.6 Å². The van der Waals surface area contributed by atoms with Crippen molar-refractivity contribution in [2.75, 3.05) is 0 Å². The smallest absolute Gasteiger partial charge is 0.193 e. The minimum atomic E-state index is -0.604. The van der Waals surface area contributed by atoms with Crippen LogP contribution in [0.4, 0.5) is 0 Å². The summed E-state index contributed by atoms with van der Waals surface area (Å²) in [4.78, 5) is 11.9. The van der Waals surface area contributed by atoms with Crippen molar-refractivity contribution in [2.24, 2.45) is 0 Å². The van der Waals surface area contributed by atoms with E-state index in [2.05, 4.69) is 0 Å². The highest BCUT2D eigenvalue weighted by Crippen LogP contribution is 2.28. The molecule has 0 aliphatic rings. The second-order valence-corrected chi connectivity index (χ2v) is 4.11. The first-order chi connectivity index (χ1) is 9.49. The molecule has 2 aromatic carbocycles. The van der Waals surface area contributed by atoms with Gasteiger partial charge in [0.15, 0.2) is 5.78 Å². The summed E-state index contributed by atoms with van der Waals surface area (Å²) in [7, 11) is 0. The molecular formula is C15H12O5. The molecule has 102 valence electrons. The molecule has 0 radical (unpaired) electrons. The molecule has 0 spiro atoms. The van der Waals surface area contributed by atoms with E-state index in [4.69, 9.17) is 5.11 Å². The van der Waals surface area contributed by atoms with Crippen LogP contribution in [0.3, 0.4) is 0 Å². The van der Waals surface area contributed by atoms with Gasteiger partial charge in [-0.15, -0.1) is 0 Å². The third-order valence-corrected chi connectivity index (χ3v) is 2.70. The number of carbonyl (C=O) groups is 1. The summed E-state index contributed by atoms with van der Waals surface area (Å²) in [6, 6.07) is 7.93. The van der Waals surface area contributed by atoms with E-state index in [1.54, 1.807) is 0 Å². The average molecular weight is 272 g/mol. The number of carbonyl (C=O) groups excluding carboxylic acids is 1. The van der Waals surface area contributed by atoms with E-state index in [0.717, 1.165) is 12.1 Å². The number of hydrogen-bond donors (Lipinski definition) is 4. The van der Waals surface area contributed by atoms with Crippen LogP contribution in [0.5, 0.6) is 23.0 Å². The predicted octanol–water partition coefficient (Wildman–Crippen LogP) is 2.41. The summed E-state index contributed by atoms with van der Waals surface area (Å²) < 4.78 is 0. The van der Waals surface area contributed by atoms with Crippen molar-refractivity contribution < 1.29 is 25.2 Å². The Morgan fingerprint density at radius 1 is 0.900 bits per heavy atom. The zero-order valence-electron chi connectivity index (χ0n) is 10.3. The number of phenolic OH excluding ortho intramolecular Hbond substituents is 4. The van der Waals surface area contributed by atoms with Crippen molar-refractivity contribution in [1.82, 2.24) is 0 Å². The van der Waals surface area contributed by atoms with Crippen molar-refractivity contribution >= 4 is 11.9 Å². The lowest BCUT2D eigenvalue weighted by Crippen LogP contribution is -1.95. The van der Waals surface area contributed by atoms with Crippen LogP contribution >= 0.6 is 0 Å². The van der Waals surface area contributed by atoms with Gasteiger partial charge in [0, 0.05) is 11.6 Å². The standard InChI is InChI=1S/C15H12O5/c16-10-6-4-9(14(20)8-10)5-7-13(19)15-11(17)2-1-3-12(15)18/h1-8,16-18,20H. The molecule has 0 aliphatic heterocycles. The minimum absolute atomic E-state index is 0.0932. The van der Waals surface area contributed by atoms with Crippen molar-refractivity contribution in [3.63, 3.8) is 0 Å². The largest absolute Gasteiger partial charge is 0.508 e. The van der Waals surface area contributed by atoms with Crippen LogP contribution in [0.1, 0.15) is 15.9 Å². The zero-order chi connectivity index (χ0) is 14.7. The van der Waals surface area contributed by atoms with E-state index in [1.165, 1.54) is 36.4 Å². The Labute approximate surface area is 114 Å². The van der Waals surface area contributed by atoms with Gasteiger partial charge in [-0.3, -0.25) is 4.79 Å². The van der Waals surface area contributed by atoms with E-state index in [-0.39, 0.29) is 28.6 Å². The van der Waals surface area contributed by atoms with E-state index in [0.29, 0.717) is 5.56 Å². The molecule has 0 unspecified atom stereocenters. The van der Waals surface area contributed by atoms with Crippen molar-refractivity contribution in [2.45, 2.75) is 0 Å². The number of allylic oxidation sites excluding steroid dienone is 1. The molecule has 0 saturated heterocycles. The lowest BCUT2D eigenvalue weighted by molar-refractivity contribution is 0.104. The lowest BCUT2D eigenvalue weighted by atomic mass is 10.1. The monoisotopic (exact) mass is 272 g/mol. The van der Waals surface area contributed by atoms with Gasteiger partial charge in [-0.1, -0.05) is 6.07 Å². The Balaban J connectivity index is 2.30. The summed E-state index contributed by atoms with van der Waals surface area (Å²) in [5.41, 5.74) is 0.119. The van der Waals surface area contributed by atoms with E-state index in [9.17, 15) is 20.1 Å². The van der Waals surface area contributed by atoms with Gasteiger partial charge in [0.2, 0.25) is 0 Å². The fourth-order valence-electron chi connectivity index (χ4n) is 1.70. The maximum Gasteiger partial charge on any atom is 0.193 e. The molecule has 5 heteroatoms. The fourth-order valence-corrected chi connectivity index (χ4v) is 1.70. The fraction of sp³-hybridized carbons (Fsp3) is 0. The number of rotatable bonds is 3. The number of ketones is 1. The van der Waals surface area contributed by atoms with Gasteiger partial charge in [0.1, 0.15) is 28.6 Å². The molecule has 0 heterocycles. The van der Waals surface area contributed by atoms with Crippen LogP contribution in [0.25, 0.3) is 6.08 Å². The molecule has 20 heavy (non-hydrogen) atoms. The Hall–Kier alpha value is -2.95. The van der Waals surface area contributed by atoms with Gasteiger partial charge in [0.25, 0.3) is 0 Å². The van der Waals surface area contributed by atoms with Gasteiger partial charge in [0.05, 0.1) is 0 Å². The molecule has 0 amide bonds. The van der Waals surface area contributed by atoms with Gasteiger partial charge in [-0.05, 0) is 36.4 Å². The van der Waals surface area contributed by atoms with Gasteiger partial charge < -0.3 is 20.4 Å². The summed E-state index contributed by atoms with van der Waals surface area (Å²) in [6.45, 7) is 0. The molecule has 0 bridgehead atoms. The molecule has 0 aromatic heterocycles. The van der Waals surface area contributed by atoms with Gasteiger partial charge in [-0.25, -0.2) is 0 Å². The maximum absolute atomic E-state index is 11.9. The predicted molar refractivity (Wildman–Crippen MR) is 72.9 cm³/mol. The number of hydrogen-bond acceptors (Lipinski definition) is 5. The Morgan fingerprint density at radius 3 is 2.15 bits per heavy atom. The van der Waals surface area contributed by atoms with Crippen LogP contribution in [0, 0.1) is 0 Å². The van der Waals surface area contributed by atoms with E-state index >= 15 is 0 Å². The summed E-state index contributed by atoms with van der Waals surface area (Å²) in [5, 5.41) is 37.8. The minimum Gasteiger partial charge on any atom is -0.508 e. The highest BCUT2D eigenvalue weighted by molar-refractivity contribution is 6.10. The molecule has 2 aromatic rings. The summed E-state index contributed by atoms with van der Waals surface area (Å²) >= 11 is 0. The Morgan fingerprint density at radius 2 is 1.55 bits per heavy atom. The van der Waals surface area contributed by atoms with E-state index < -0.39 is 5.78 Å². The molecular weight excluding hydrogens is 260 g/mol. The highest BCUT2D eigenvalue weighted by Gasteiger charge is 2.13. The average Bonchev–Trinajstić information content (AvgIpc) is 2.37. The van der Waals surface area contributed by atoms with Crippen LogP contribution in [-0.4, -0.2) is 26.2 Å². The number of phenols is 4. The first-order valence-electron chi connectivity index (χ1n) is 5.74. The molecule has 2 rings (SSSR count). The van der Waals surface area contributed by atoms with E-state index in [1.807, 2.05) is 0 Å². The molecule has 0 saturated carbocycles. The third kappa shape index (κ3) is 2.72. The second kappa shape index (κ2) is 5.36. The molecule has 0 fully saturated rings. The maximum atomic E-state index is 11.9.